The zero-order chi connectivity index (χ0) is 13.7. The Labute approximate surface area is 113 Å². The predicted molar refractivity (Wildman–Crippen MR) is 73.2 cm³/mol. The molecule has 0 saturated carbocycles. The largest absolute Gasteiger partial charge is 0.493 e. The molecular weight excluding hydrogens is 238 g/mol. The summed E-state index contributed by atoms with van der Waals surface area (Å²) in [6, 6.07) is 15.3. The smallest absolute Gasteiger partial charge is 0.162 e. The second-order valence-electron chi connectivity index (χ2n) is 4.19. The topological polar surface area (TPSA) is 42.2 Å². The average molecular weight is 253 g/mol. The molecule has 19 heavy (non-hydrogen) atoms. The minimum absolute atomic E-state index is 0.456. The molecule has 2 aromatic rings. The van der Waals surface area contributed by atoms with Gasteiger partial charge in [0.25, 0.3) is 0 Å². The van der Waals surface area contributed by atoms with Crippen LogP contribution >= 0.6 is 0 Å². The number of ether oxygens (including phenoxy) is 2. The van der Waals surface area contributed by atoms with Gasteiger partial charge in [0.1, 0.15) is 6.61 Å². The quantitative estimate of drug-likeness (QED) is 0.838. The van der Waals surface area contributed by atoms with Crippen molar-refractivity contribution < 1.29 is 9.47 Å². The van der Waals surface area contributed by atoms with Crippen LogP contribution in [0.15, 0.2) is 42.5 Å². The molecule has 3 nitrogen and oxygen atoms in total. The maximum Gasteiger partial charge on any atom is 0.162 e. The minimum Gasteiger partial charge on any atom is -0.493 e. The van der Waals surface area contributed by atoms with Crippen LogP contribution in [0.4, 0.5) is 0 Å². The maximum absolute atomic E-state index is 8.91. The van der Waals surface area contributed by atoms with Crippen molar-refractivity contribution in [2.75, 3.05) is 7.11 Å². The lowest BCUT2D eigenvalue weighted by atomic mass is 10.1. The van der Waals surface area contributed by atoms with Gasteiger partial charge in [0.2, 0.25) is 0 Å². The molecule has 2 aromatic carbocycles. The van der Waals surface area contributed by atoms with Gasteiger partial charge in [0, 0.05) is 6.07 Å². The number of aryl methyl sites for hydroxylation is 1. The van der Waals surface area contributed by atoms with Gasteiger partial charge in [0.05, 0.1) is 18.7 Å². The molecule has 0 saturated heterocycles. The number of hydrogen-bond acceptors (Lipinski definition) is 3. The Morgan fingerprint density at radius 2 is 1.89 bits per heavy atom. The maximum atomic E-state index is 8.91. The summed E-state index contributed by atoms with van der Waals surface area (Å²) in [5.41, 5.74) is 2.85. The lowest BCUT2D eigenvalue weighted by Gasteiger charge is -2.12. The van der Waals surface area contributed by atoms with E-state index < -0.39 is 0 Å². The first-order valence-corrected chi connectivity index (χ1v) is 6.00. The van der Waals surface area contributed by atoms with E-state index in [0.29, 0.717) is 23.7 Å². The number of rotatable bonds is 4. The standard InChI is InChI=1S/C16H15NO2/c1-12-5-3-4-6-14(12)11-19-16-9-13(10-17)7-8-15(16)18-2/h3-9H,11H2,1-2H3. The van der Waals surface area contributed by atoms with Crippen LogP contribution in [-0.4, -0.2) is 7.11 Å². The summed E-state index contributed by atoms with van der Waals surface area (Å²) in [6.07, 6.45) is 0. The van der Waals surface area contributed by atoms with Gasteiger partial charge in [0.15, 0.2) is 11.5 Å². The third-order valence-electron chi connectivity index (χ3n) is 2.94. The molecule has 0 aromatic heterocycles. The van der Waals surface area contributed by atoms with Gasteiger partial charge < -0.3 is 9.47 Å². The number of hydrogen-bond donors (Lipinski definition) is 0. The Morgan fingerprint density at radius 1 is 1.11 bits per heavy atom. The van der Waals surface area contributed by atoms with E-state index in [4.69, 9.17) is 14.7 Å². The fraction of sp³-hybridized carbons (Fsp3) is 0.188. The van der Waals surface area contributed by atoms with Gasteiger partial charge in [-0.1, -0.05) is 24.3 Å². The highest BCUT2D eigenvalue weighted by Gasteiger charge is 2.06. The molecule has 0 bridgehead atoms. The summed E-state index contributed by atoms with van der Waals surface area (Å²) >= 11 is 0. The molecule has 0 N–H and O–H groups in total. The zero-order valence-corrected chi connectivity index (χ0v) is 11.0. The lowest BCUT2D eigenvalue weighted by Crippen LogP contribution is -1.99. The Bertz CT molecular complexity index is 614. The Kier molecular flexibility index (Phi) is 4.04. The van der Waals surface area contributed by atoms with Crippen molar-refractivity contribution in [2.45, 2.75) is 13.5 Å². The SMILES string of the molecule is COc1ccc(C#N)cc1OCc1ccccc1C. The first kappa shape index (κ1) is 13.0. The summed E-state index contributed by atoms with van der Waals surface area (Å²) in [4.78, 5) is 0. The molecule has 3 heteroatoms. The molecule has 0 spiro atoms. The van der Waals surface area contributed by atoms with Gasteiger partial charge >= 0.3 is 0 Å². The molecule has 0 unspecified atom stereocenters. The average Bonchev–Trinajstić information content (AvgIpc) is 2.46. The fourth-order valence-electron chi connectivity index (χ4n) is 1.79. The second-order valence-corrected chi connectivity index (χ2v) is 4.19. The van der Waals surface area contributed by atoms with Crippen molar-refractivity contribution >= 4 is 0 Å². The van der Waals surface area contributed by atoms with Gasteiger partial charge in [-0.05, 0) is 30.2 Å². The molecule has 96 valence electrons. The highest BCUT2D eigenvalue weighted by Crippen LogP contribution is 2.28. The molecule has 0 heterocycles. The molecule has 0 amide bonds. The van der Waals surface area contributed by atoms with E-state index in [1.807, 2.05) is 31.2 Å². The first-order chi connectivity index (χ1) is 9.24. The van der Waals surface area contributed by atoms with Crippen molar-refractivity contribution in [3.8, 4) is 17.6 Å². The van der Waals surface area contributed by atoms with Gasteiger partial charge in [-0.3, -0.25) is 0 Å². The molecule has 0 radical (unpaired) electrons. The second kappa shape index (κ2) is 5.92. The van der Waals surface area contributed by atoms with Crippen molar-refractivity contribution in [3.05, 3.63) is 59.2 Å². The normalized spacial score (nSPS) is 9.74. The van der Waals surface area contributed by atoms with Crippen LogP contribution in [-0.2, 0) is 6.61 Å². The summed E-state index contributed by atoms with van der Waals surface area (Å²) < 4.78 is 11.0. The van der Waals surface area contributed by atoms with Crippen molar-refractivity contribution in [3.63, 3.8) is 0 Å². The third-order valence-corrected chi connectivity index (χ3v) is 2.94. The van der Waals surface area contributed by atoms with E-state index in [1.54, 1.807) is 25.3 Å². The molecule has 2 rings (SSSR count). The Morgan fingerprint density at radius 3 is 2.58 bits per heavy atom. The molecule has 0 aliphatic heterocycles. The third kappa shape index (κ3) is 3.05. The van der Waals surface area contributed by atoms with E-state index in [2.05, 4.69) is 6.07 Å². The van der Waals surface area contributed by atoms with Crippen LogP contribution in [0.2, 0.25) is 0 Å². The number of benzene rings is 2. The van der Waals surface area contributed by atoms with E-state index in [9.17, 15) is 0 Å². The number of methoxy groups -OCH3 is 1. The van der Waals surface area contributed by atoms with Crippen LogP contribution in [0.3, 0.4) is 0 Å². The highest BCUT2D eigenvalue weighted by atomic mass is 16.5. The monoisotopic (exact) mass is 253 g/mol. The lowest BCUT2D eigenvalue weighted by molar-refractivity contribution is 0.284. The van der Waals surface area contributed by atoms with Crippen LogP contribution in [0, 0.1) is 18.3 Å². The number of nitriles is 1. The molecule has 0 fully saturated rings. The Hall–Kier alpha value is -2.47. The summed E-state index contributed by atoms with van der Waals surface area (Å²) in [6.45, 7) is 2.50. The molecular formula is C16H15NO2. The van der Waals surface area contributed by atoms with Crippen LogP contribution < -0.4 is 9.47 Å². The van der Waals surface area contributed by atoms with Crippen LogP contribution in [0.1, 0.15) is 16.7 Å². The van der Waals surface area contributed by atoms with E-state index in [-0.39, 0.29) is 0 Å². The van der Waals surface area contributed by atoms with Crippen LogP contribution in [0.25, 0.3) is 0 Å². The van der Waals surface area contributed by atoms with Crippen molar-refractivity contribution in [1.29, 1.82) is 5.26 Å². The predicted octanol–water partition coefficient (Wildman–Crippen LogP) is 3.45. The summed E-state index contributed by atoms with van der Waals surface area (Å²) in [5, 5.41) is 8.91. The summed E-state index contributed by atoms with van der Waals surface area (Å²) in [5.74, 6) is 1.22. The van der Waals surface area contributed by atoms with Crippen molar-refractivity contribution in [2.24, 2.45) is 0 Å². The fourth-order valence-corrected chi connectivity index (χ4v) is 1.79. The molecule has 0 aliphatic rings. The number of nitrogens with zero attached hydrogens (tertiary/aromatic N) is 1. The van der Waals surface area contributed by atoms with E-state index in [1.165, 1.54) is 5.56 Å². The van der Waals surface area contributed by atoms with E-state index >= 15 is 0 Å². The zero-order valence-electron chi connectivity index (χ0n) is 11.0. The van der Waals surface area contributed by atoms with Crippen molar-refractivity contribution in [1.82, 2.24) is 0 Å². The van der Waals surface area contributed by atoms with Gasteiger partial charge in [-0.15, -0.1) is 0 Å². The van der Waals surface area contributed by atoms with Gasteiger partial charge in [-0.2, -0.15) is 5.26 Å². The first-order valence-electron chi connectivity index (χ1n) is 6.00. The minimum atomic E-state index is 0.456. The van der Waals surface area contributed by atoms with Crippen LogP contribution in [0.5, 0.6) is 11.5 Å². The van der Waals surface area contributed by atoms with E-state index in [0.717, 1.165) is 5.56 Å². The summed E-state index contributed by atoms with van der Waals surface area (Å²) in [7, 11) is 1.59. The molecule has 0 atom stereocenters. The van der Waals surface area contributed by atoms with Gasteiger partial charge in [-0.25, -0.2) is 0 Å². The Balaban J connectivity index is 2.19. The molecule has 0 aliphatic carbocycles. The highest BCUT2D eigenvalue weighted by molar-refractivity contribution is 5.46.